The van der Waals surface area contributed by atoms with Crippen molar-refractivity contribution in [3.8, 4) is 0 Å². The first-order valence-corrected chi connectivity index (χ1v) is 9.79. The lowest BCUT2D eigenvalue weighted by molar-refractivity contribution is 1.15. The van der Waals surface area contributed by atoms with Crippen molar-refractivity contribution < 1.29 is 0 Å². The monoisotopic (exact) mass is 311 g/mol. The van der Waals surface area contributed by atoms with Crippen LogP contribution in [0.1, 0.15) is 22.2 Å². The smallest absolute Gasteiger partial charge is 0.0832 e. The molecule has 111 valence electrons. The first kappa shape index (κ1) is 14.2. The minimum atomic E-state index is -0.782. The zero-order valence-corrected chi connectivity index (χ0v) is 14.0. The van der Waals surface area contributed by atoms with E-state index in [2.05, 4.69) is 103 Å². The summed E-state index contributed by atoms with van der Waals surface area (Å²) in [6, 6.07) is 33.0. The average Bonchev–Trinajstić information content (AvgIpc) is 3.09. The van der Waals surface area contributed by atoms with Crippen LogP contribution in [-0.4, -0.2) is 8.80 Å². The number of hydrogen-bond acceptors (Lipinski definition) is 0. The molecular weight excluding hydrogens is 292 g/mol. The molecule has 1 aliphatic rings. The van der Waals surface area contributed by atoms with Gasteiger partial charge in [-0.25, -0.2) is 0 Å². The van der Waals surface area contributed by atoms with Crippen LogP contribution in [-0.2, 0) is 0 Å². The van der Waals surface area contributed by atoms with Gasteiger partial charge in [0, 0.05) is 11.1 Å². The van der Waals surface area contributed by atoms with Crippen LogP contribution in [0.5, 0.6) is 0 Å². The summed E-state index contributed by atoms with van der Waals surface area (Å²) in [5.41, 5.74) is 3.96. The van der Waals surface area contributed by atoms with Crippen LogP contribution >= 0.6 is 0 Å². The summed E-state index contributed by atoms with van der Waals surface area (Å²) in [5, 5.41) is 1.52. The van der Waals surface area contributed by atoms with E-state index in [0.29, 0.717) is 11.1 Å². The number of hydrogen-bond donors (Lipinski definition) is 0. The molecule has 1 heterocycles. The van der Waals surface area contributed by atoms with Crippen molar-refractivity contribution in [2.75, 3.05) is 0 Å². The molecule has 0 bridgehead atoms. The molecule has 1 aliphatic heterocycles. The van der Waals surface area contributed by atoms with Gasteiger partial charge in [-0.2, -0.15) is 0 Å². The first-order chi connectivity index (χ1) is 11.4. The first-order valence-electron chi connectivity index (χ1n) is 8.14. The summed E-state index contributed by atoms with van der Waals surface area (Å²) in [7, 11) is -0.782. The van der Waals surface area contributed by atoms with Crippen LogP contribution in [0.4, 0.5) is 0 Å². The van der Waals surface area contributed by atoms with E-state index in [1.165, 1.54) is 16.3 Å². The normalized spacial score (nSPS) is 20.7. The fourth-order valence-electron chi connectivity index (χ4n) is 3.51. The minimum absolute atomic E-state index is 0.536. The summed E-state index contributed by atoms with van der Waals surface area (Å²) in [6.07, 6.45) is 4.88. The summed E-state index contributed by atoms with van der Waals surface area (Å²) in [4.78, 5) is 0. The van der Waals surface area contributed by atoms with Crippen molar-refractivity contribution in [2.24, 2.45) is 0 Å². The molecule has 0 saturated heterocycles. The van der Waals surface area contributed by atoms with Gasteiger partial charge in [-0.1, -0.05) is 108 Å². The van der Waals surface area contributed by atoms with Crippen LogP contribution in [0, 0.1) is 0 Å². The Balaban J connectivity index is 1.78. The maximum Gasteiger partial charge on any atom is 0.109 e. The fraction of sp³-hybridized carbons (Fsp3) is 0.0909. The molecule has 0 nitrogen and oxygen atoms in total. The van der Waals surface area contributed by atoms with E-state index in [1.807, 2.05) is 0 Å². The van der Waals surface area contributed by atoms with Gasteiger partial charge in [0.1, 0.15) is 8.80 Å². The summed E-state index contributed by atoms with van der Waals surface area (Å²) < 4.78 is 0. The molecule has 4 rings (SSSR count). The van der Waals surface area contributed by atoms with Gasteiger partial charge in [0.15, 0.2) is 0 Å². The highest BCUT2D eigenvalue weighted by atomic mass is 28.3. The molecule has 0 saturated carbocycles. The SMILES string of the molecule is C1=C[C@H](c2ccccc2)[Si](c2ccccc2)[C@H]1c1ccccc1. The largest absolute Gasteiger partial charge is 0.109 e. The van der Waals surface area contributed by atoms with Gasteiger partial charge in [0.25, 0.3) is 0 Å². The molecule has 0 spiro atoms. The van der Waals surface area contributed by atoms with E-state index < -0.39 is 8.80 Å². The van der Waals surface area contributed by atoms with E-state index in [4.69, 9.17) is 0 Å². The van der Waals surface area contributed by atoms with Gasteiger partial charge in [-0.05, 0) is 11.1 Å². The Morgan fingerprint density at radius 2 is 0.870 bits per heavy atom. The molecule has 0 fully saturated rings. The van der Waals surface area contributed by atoms with Crippen molar-refractivity contribution in [3.05, 3.63) is 114 Å². The van der Waals surface area contributed by atoms with Crippen molar-refractivity contribution >= 4 is 14.0 Å². The van der Waals surface area contributed by atoms with Gasteiger partial charge in [0.05, 0.1) is 0 Å². The van der Waals surface area contributed by atoms with E-state index in [1.54, 1.807) is 0 Å². The lowest BCUT2D eigenvalue weighted by atomic mass is 10.1. The molecule has 23 heavy (non-hydrogen) atoms. The molecular formula is C22H19Si. The van der Waals surface area contributed by atoms with Crippen molar-refractivity contribution in [3.63, 3.8) is 0 Å². The summed E-state index contributed by atoms with van der Waals surface area (Å²) >= 11 is 0. The molecule has 3 aromatic rings. The lowest BCUT2D eigenvalue weighted by Crippen LogP contribution is -2.38. The highest BCUT2D eigenvalue weighted by molar-refractivity contribution is 6.77. The van der Waals surface area contributed by atoms with Crippen LogP contribution in [0.25, 0.3) is 0 Å². The maximum atomic E-state index is 2.44. The quantitative estimate of drug-likeness (QED) is 0.490. The molecule has 1 radical (unpaired) electrons. The molecule has 0 unspecified atom stereocenters. The van der Waals surface area contributed by atoms with Crippen LogP contribution in [0.3, 0.4) is 0 Å². The topological polar surface area (TPSA) is 0 Å². The van der Waals surface area contributed by atoms with Crippen LogP contribution in [0.15, 0.2) is 103 Å². The van der Waals surface area contributed by atoms with Gasteiger partial charge in [0.2, 0.25) is 0 Å². The van der Waals surface area contributed by atoms with Gasteiger partial charge < -0.3 is 0 Å². The third kappa shape index (κ3) is 2.80. The van der Waals surface area contributed by atoms with Crippen LogP contribution in [0.2, 0.25) is 0 Å². The zero-order valence-electron chi connectivity index (χ0n) is 13.0. The second kappa shape index (κ2) is 6.39. The van der Waals surface area contributed by atoms with Crippen molar-refractivity contribution in [1.82, 2.24) is 0 Å². The predicted molar refractivity (Wildman–Crippen MR) is 99.3 cm³/mol. The molecule has 0 N–H and O–H groups in total. The standard InChI is InChI=1S/C22H19Si/c1-4-10-18(11-5-1)21-16-17-22(19-12-6-2-7-13-19)23(21)20-14-8-3-9-15-20/h1-17,21-22H/t21-,22-/m1/s1. The fourth-order valence-corrected chi connectivity index (χ4v) is 6.94. The number of rotatable bonds is 3. The Bertz CT molecular complexity index is 728. The van der Waals surface area contributed by atoms with Crippen molar-refractivity contribution in [2.45, 2.75) is 11.1 Å². The van der Waals surface area contributed by atoms with E-state index in [0.717, 1.165) is 0 Å². The lowest BCUT2D eigenvalue weighted by Gasteiger charge is -2.25. The predicted octanol–water partition coefficient (Wildman–Crippen LogP) is 4.60. The Hall–Kier alpha value is -2.38. The Labute approximate surface area is 139 Å². The molecule has 1 heteroatoms. The van der Waals surface area contributed by atoms with E-state index >= 15 is 0 Å². The third-order valence-electron chi connectivity index (χ3n) is 4.59. The molecule has 0 aliphatic carbocycles. The number of allylic oxidation sites excluding steroid dienone is 2. The van der Waals surface area contributed by atoms with E-state index in [9.17, 15) is 0 Å². The molecule has 0 amide bonds. The Kier molecular flexibility index (Phi) is 3.95. The second-order valence-corrected chi connectivity index (χ2v) is 8.72. The molecule has 3 aromatic carbocycles. The van der Waals surface area contributed by atoms with Gasteiger partial charge in [-0.15, -0.1) is 0 Å². The highest BCUT2D eigenvalue weighted by Crippen LogP contribution is 2.36. The molecule has 2 atom stereocenters. The molecule has 0 aromatic heterocycles. The average molecular weight is 311 g/mol. The zero-order chi connectivity index (χ0) is 15.5. The summed E-state index contributed by atoms with van der Waals surface area (Å²) in [6.45, 7) is 0. The van der Waals surface area contributed by atoms with Crippen molar-refractivity contribution in [1.29, 1.82) is 0 Å². The minimum Gasteiger partial charge on any atom is -0.0832 e. The van der Waals surface area contributed by atoms with Crippen LogP contribution < -0.4 is 5.19 Å². The van der Waals surface area contributed by atoms with E-state index in [-0.39, 0.29) is 0 Å². The number of benzene rings is 3. The summed E-state index contributed by atoms with van der Waals surface area (Å²) in [5.74, 6) is 0. The van der Waals surface area contributed by atoms with Gasteiger partial charge in [-0.3, -0.25) is 0 Å². The highest BCUT2D eigenvalue weighted by Gasteiger charge is 2.36. The Morgan fingerprint density at radius 3 is 1.30 bits per heavy atom. The second-order valence-electron chi connectivity index (χ2n) is 5.98. The third-order valence-corrected chi connectivity index (χ3v) is 7.98. The maximum absolute atomic E-state index is 2.44. The van der Waals surface area contributed by atoms with Gasteiger partial charge >= 0.3 is 0 Å². The Morgan fingerprint density at radius 1 is 0.478 bits per heavy atom.